The number of esters is 1. The van der Waals surface area contributed by atoms with Crippen LogP contribution in [0.25, 0.3) is 11.1 Å². The van der Waals surface area contributed by atoms with Gasteiger partial charge in [0.2, 0.25) is 0 Å². The molecule has 218 valence electrons. The van der Waals surface area contributed by atoms with Gasteiger partial charge in [-0.25, -0.2) is 4.79 Å². The van der Waals surface area contributed by atoms with Gasteiger partial charge >= 0.3 is 11.2 Å². The second-order valence-corrected chi connectivity index (χ2v) is 12.1. The summed E-state index contributed by atoms with van der Waals surface area (Å²) in [6.07, 6.45) is 0. The Bertz CT molecular complexity index is 1480. The monoisotopic (exact) mass is 616 g/mol. The minimum absolute atomic E-state index is 0.0146. The Kier molecular flexibility index (Phi) is 10.2. The van der Waals surface area contributed by atoms with E-state index in [1.165, 1.54) is 14.7 Å². The summed E-state index contributed by atoms with van der Waals surface area (Å²) < 4.78 is 35.1. The molecule has 1 aliphatic rings. The van der Waals surface area contributed by atoms with Crippen LogP contribution in [0.1, 0.15) is 17.0 Å². The Balaban J connectivity index is 0.000000176. The summed E-state index contributed by atoms with van der Waals surface area (Å²) in [4.78, 5) is 15.6. The van der Waals surface area contributed by atoms with Crippen LogP contribution in [-0.2, 0) is 29.8 Å². The van der Waals surface area contributed by atoms with Crippen molar-refractivity contribution in [2.24, 2.45) is 0 Å². The predicted octanol–water partition coefficient (Wildman–Crippen LogP) is 7.59. The number of carbonyl (C=O) groups excluding carboxylic acids is 1. The molecule has 0 N–H and O–H groups in total. The van der Waals surface area contributed by atoms with Crippen molar-refractivity contribution in [2.75, 3.05) is 6.61 Å². The van der Waals surface area contributed by atoms with Gasteiger partial charge in [0.15, 0.2) is 14.7 Å². The fourth-order valence-corrected chi connectivity index (χ4v) is 7.20. The number of benzene rings is 5. The van der Waals surface area contributed by atoms with Crippen LogP contribution >= 0.6 is 12.0 Å². The summed E-state index contributed by atoms with van der Waals surface area (Å²) >= 11 is -0.702. The summed E-state index contributed by atoms with van der Waals surface area (Å²) in [6, 6.07) is 47.2. The lowest BCUT2D eigenvalue weighted by molar-refractivity contribution is -0.777. The molecule has 5 nitrogen and oxygen atoms in total. The van der Waals surface area contributed by atoms with Crippen LogP contribution in [0.15, 0.2) is 154 Å². The van der Waals surface area contributed by atoms with Crippen molar-refractivity contribution >= 4 is 28.9 Å². The maximum atomic E-state index is 13.4. The Morgan fingerprint density at radius 1 is 0.674 bits per heavy atom. The van der Waals surface area contributed by atoms with Crippen LogP contribution in [0.3, 0.4) is 0 Å². The smallest absolute Gasteiger partial charge is 0.415 e. The number of hydrogen-bond acceptors (Lipinski definition) is 6. The molecule has 0 bridgehead atoms. The molecule has 0 spiro atoms. The molecule has 43 heavy (non-hydrogen) atoms. The zero-order valence-corrected chi connectivity index (χ0v) is 24.3. The molecule has 0 unspecified atom stereocenters. The van der Waals surface area contributed by atoms with Crippen LogP contribution in [0, 0.1) is 0 Å². The second kappa shape index (κ2) is 14.5. The van der Waals surface area contributed by atoms with E-state index < -0.39 is 23.3 Å². The van der Waals surface area contributed by atoms with Crippen molar-refractivity contribution in [2.45, 2.75) is 25.9 Å². The van der Waals surface area contributed by atoms with Gasteiger partial charge in [0, 0.05) is 5.92 Å². The highest BCUT2D eigenvalue weighted by molar-refractivity contribution is 7.97. The van der Waals surface area contributed by atoms with Gasteiger partial charge < -0.3 is 9.99 Å². The molecule has 5 aromatic rings. The first-order valence-corrected chi connectivity index (χ1v) is 15.2. The van der Waals surface area contributed by atoms with Crippen LogP contribution < -0.4 is 5.26 Å². The lowest BCUT2D eigenvalue weighted by Gasteiger charge is -2.17. The van der Waals surface area contributed by atoms with E-state index in [4.69, 9.17) is 4.74 Å². The van der Waals surface area contributed by atoms with Gasteiger partial charge in [-0.3, -0.25) is 5.04 Å². The molecule has 0 saturated carbocycles. The van der Waals surface area contributed by atoms with Crippen molar-refractivity contribution in [3.8, 4) is 11.1 Å². The van der Waals surface area contributed by atoms with Gasteiger partial charge in [-0.15, -0.1) is 0 Å². The predicted molar refractivity (Wildman–Crippen MR) is 161 cm³/mol. The van der Waals surface area contributed by atoms with E-state index in [0.29, 0.717) is 0 Å². The van der Waals surface area contributed by atoms with E-state index in [9.17, 15) is 18.8 Å². The quantitative estimate of drug-likeness (QED) is 0.0559. The van der Waals surface area contributed by atoms with Crippen molar-refractivity contribution in [3.63, 3.8) is 0 Å². The number of carbonyl (C=O) groups is 1. The lowest BCUT2D eigenvalue weighted by Crippen LogP contribution is -2.29. The molecule has 0 aliphatic heterocycles. The normalized spacial score (nSPS) is 12.2. The van der Waals surface area contributed by atoms with E-state index in [0.717, 1.165) is 22.3 Å². The molecule has 0 saturated heterocycles. The maximum Gasteiger partial charge on any atom is 0.415 e. The molecule has 9 heteroatoms. The van der Waals surface area contributed by atoms with E-state index >= 15 is 0 Å². The molecule has 0 fully saturated rings. The SMILES string of the molecule is O=C(OCC1c2ccccc2-c2ccccc21)C(F)(F)SOO[O-].c1ccc([S+](c2ccccc2)c2ccccc2)cc1. The third kappa shape index (κ3) is 7.33. The minimum Gasteiger partial charge on any atom is -0.691 e. The number of fused-ring (bicyclic) bond motifs is 3. The highest BCUT2D eigenvalue weighted by atomic mass is 32.2. The number of ether oxygens (including phenoxy) is 1. The van der Waals surface area contributed by atoms with E-state index in [-0.39, 0.29) is 23.4 Å². The van der Waals surface area contributed by atoms with Crippen LogP contribution in [0.2, 0.25) is 0 Å². The molecule has 0 atom stereocenters. The molecule has 1 aliphatic carbocycles. The number of hydrogen-bond donors (Lipinski definition) is 0. The van der Waals surface area contributed by atoms with Crippen molar-refractivity contribution in [1.82, 2.24) is 0 Å². The number of alkyl halides is 2. The molecule has 5 aromatic carbocycles. The fourth-order valence-electron chi connectivity index (χ4n) is 4.85. The first kappa shape index (κ1) is 30.5. The van der Waals surface area contributed by atoms with E-state index in [1.807, 2.05) is 48.5 Å². The lowest BCUT2D eigenvalue weighted by atomic mass is 9.98. The zero-order chi connectivity index (χ0) is 30.1. The third-order valence-corrected chi connectivity index (χ3v) is 9.41. The van der Waals surface area contributed by atoms with Crippen LogP contribution in [0.4, 0.5) is 8.78 Å². The summed E-state index contributed by atoms with van der Waals surface area (Å²) in [5.41, 5.74) is 3.78. The van der Waals surface area contributed by atoms with Gasteiger partial charge in [0.25, 0.3) is 0 Å². The Hall–Kier alpha value is -3.99. The number of halogens is 2. The maximum absolute atomic E-state index is 13.4. The van der Waals surface area contributed by atoms with Gasteiger partial charge in [0.05, 0.1) is 10.9 Å². The Morgan fingerprint density at radius 2 is 1.07 bits per heavy atom. The standard InChI is InChI=1S/C18H15S.C16H12F2O5S/c1-4-10-16(11-5-1)19(17-12-6-2-7-13-17)18-14-8-3-9-15-18;17-16(18,24-23-22-20)15(19)21-9-14-12-7-3-1-5-10(12)11-6-2-4-8-13(11)14/h1-15H;1-8,14,20H,9H2/q+1;/p-1. The molecule has 0 radical (unpaired) electrons. The highest BCUT2D eigenvalue weighted by Crippen LogP contribution is 2.45. The largest absolute Gasteiger partial charge is 0.691 e. The van der Waals surface area contributed by atoms with Crippen molar-refractivity contribution in [3.05, 3.63) is 151 Å². The summed E-state index contributed by atoms with van der Waals surface area (Å²) in [7, 11) is -0.0146. The van der Waals surface area contributed by atoms with E-state index in [1.54, 1.807) is 0 Å². The minimum atomic E-state index is -4.04. The first-order chi connectivity index (χ1) is 21.0. The van der Waals surface area contributed by atoms with Gasteiger partial charge in [-0.05, 0) is 58.7 Å². The van der Waals surface area contributed by atoms with Crippen LogP contribution in [0.5, 0.6) is 0 Å². The van der Waals surface area contributed by atoms with E-state index in [2.05, 4.69) is 100 Å². The summed E-state index contributed by atoms with van der Waals surface area (Å²) in [5.74, 6) is -2.13. The zero-order valence-electron chi connectivity index (χ0n) is 22.7. The van der Waals surface area contributed by atoms with Gasteiger partial charge in [-0.2, -0.15) is 13.1 Å². The van der Waals surface area contributed by atoms with Crippen molar-refractivity contribution < 1.29 is 32.9 Å². The summed E-state index contributed by atoms with van der Waals surface area (Å²) in [6.45, 7) is -0.249. The fraction of sp³-hybridized carbons (Fsp3) is 0.0882. The topological polar surface area (TPSA) is 67.8 Å². The molecule has 0 heterocycles. The van der Waals surface area contributed by atoms with Crippen molar-refractivity contribution in [1.29, 1.82) is 0 Å². The summed E-state index contributed by atoms with van der Waals surface area (Å²) in [5, 5.41) is 8.40. The molecule has 0 amide bonds. The molecule has 0 aromatic heterocycles. The average molecular weight is 617 g/mol. The van der Waals surface area contributed by atoms with Crippen LogP contribution in [-0.4, -0.2) is 17.8 Å². The third-order valence-electron chi connectivity index (χ3n) is 6.68. The first-order valence-electron chi connectivity index (χ1n) is 13.3. The molecular formula is C34H26F2O5S2. The average Bonchev–Trinajstić information content (AvgIpc) is 3.38. The highest BCUT2D eigenvalue weighted by Gasteiger charge is 2.44. The second-order valence-electron chi connectivity index (χ2n) is 9.31. The van der Waals surface area contributed by atoms with Gasteiger partial charge in [0.1, 0.15) is 18.6 Å². The van der Waals surface area contributed by atoms with Gasteiger partial charge in [-0.1, -0.05) is 103 Å². The molecule has 6 rings (SSSR count). The molecular weight excluding hydrogens is 590 g/mol. The number of rotatable bonds is 9. The Labute approximate surface area is 255 Å². The Morgan fingerprint density at radius 3 is 1.49 bits per heavy atom.